The average Bonchev–Trinajstić information content (AvgIpc) is 1.54. The fourth-order valence-electron chi connectivity index (χ4n) is 19.3. The minimum Gasteiger partial charge on any atom is -0.432 e. The quantitative estimate of drug-likeness (QED) is 0.111. The summed E-state index contributed by atoms with van der Waals surface area (Å²) in [5.41, 5.74) is 21.5. The topological polar surface area (TPSA) is 224 Å². The zero-order valence-electron chi connectivity index (χ0n) is 62.6. The summed E-state index contributed by atoms with van der Waals surface area (Å²) in [7, 11) is 2.25. The number of furan rings is 3. The fraction of sp³-hybridized carbons (Fsp3) is 0.420. The number of nitrogens with zero attached hydrogens (tertiary/aromatic N) is 16. The SMILES string of the molecule is C.C1=Cc2c(cccc2-c2nc(N3CCOCC3)c3oc4ncc(CN5CCC56COC6)cc4c3n2)C1.C1=Cc2c(cccc2-c2nc(N3CCOCC3)c3oc4ncc(CN5C[C@H]6C[C@@H]5CO6)cc4c3n2)C1.CN1CCC2(CCN(Cc3cnc4oc5c(N6CCOCC6)nc(-c6cccc7c6C=CC7)nc5c4c3)C2)C1. The molecule has 572 valence electrons. The molecule has 0 N–H and O–H groups in total. The average molecular weight is 1500 g/mol. The first-order valence-corrected chi connectivity index (χ1v) is 39.9. The zero-order valence-corrected chi connectivity index (χ0v) is 62.6. The summed E-state index contributed by atoms with van der Waals surface area (Å²) in [5.74, 6) is 4.69. The number of fused-ring (bicyclic) bond motifs is 14. The third kappa shape index (κ3) is 12.5. The highest BCUT2D eigenvalue weighted by Crippen LogP contribution is 2.45. The van der Waals surface area contributed by atoms with Gasteiger partial charge in [-0.25, -0.2) is 44.9 Å². The molecule has 0 saturated carbocycles. The van der Waals surface area contributed by atoms with Gasteiger partial charge >= 0.3 is 0 Å². The van der Waals surface area contributed by atoms with E-state index in [4.69, 9.17) is 81.8 Å². The van der Waals surface area contributed by atoms with E-state index in [0.29, 0.717) is 85.5 Å². The van der Waals surface area contributed by atoms with Crippen LogP contribution in [0.3, 0.4) is 0 Å². The van der Waals surface area contributed by atoms with Crippen LogP contribution in [0.5, 0.6) is 0 Å². The molecule has 18 heterocycles. The van der Waals surface area contributed by atoms with Crippen LogP contribution >= 0.6 is 0 Å². The van der Waals surface area contributed by atoms with Crippen molar-refractivity contribution in [3.05, 3.63) is 160 Å². The lowest BCUT2D eigenvalue weighted by atomic mass is 9.82. The first kappa shape index (κ1) is 69.9. The van der Waals surface area contributed by atoms with Crippen molar-refractivity contribution < 1.29 is 36.9 Å². The van der Waals surface area contributed by atoms with Gasteiger partial charge < -0.3 is 56.5 Å². The van der Waals surface area contributed by atoms with E-state index in [1.807, 2.05) is 18.6 Å². The van der Waals surface area contributed by atoms with Gasteiger partial charge in [-0.15, -0.1) is 0 Å². The number of benzene rings is 3. The lowest BCUT2D eigenvalue weighted by Gasteiger charge is -2.57. The molecule has 9 fully saturated rings. The number of aromatic nitrogens is 9. The molecule has 9 saturated heterocycles. The highest BCUT2D eigenvalue weighted by molar-refractivity contribution is 6.08. The van der Waals surface area contributed by atoms with Gasteiger partial charge in [-0.2, -0.15) is 0 Å². The molecular weight excluding hydrogens is 1410 g/mol. The van der Waals surface area contributed by atoms with Crippen LogP contribution in [0.1, 0.15) is 83.2 Å². The Kier molecular flexibility index (Phi) is 17.8. The standard InChI is InChI=1S/C31H34N6O2.2C28H27N5O3.CH4/c1-35-10-8-31(19-35)9-11-36(20-31)18-21-16-25-26-27(39-30(25)32-17-21)29(37-12-14-38-15-13-37)34-28(33-26)24-7-3-5-22-4-2-6-23(22)24;1-3-18-4-2-6-22(21(18)5-1)26-30-24-23-11-17(14-33-15-20-12-19(33)16-35-20)13-29-28(23)36-25(24)27(31-26)32-7-9-34-10-8-32;1-3-19-4-2-6-21(20(19)5-1)25-30-23-22-13-18(15-33-8-7-28(33)16-35-17-28)14-29-27(22)36-24(23)26(31-25)32-9-11-34-12-10-32;/h2-3,5-7,16-17H,4,8-15,18-20H2,1H3;1-2,4-6,11,13,19-20H,3,7-10,12,14-16H2;1-2,4-6,13-14H,3,7-12,15-17H2;1H4/t;19-,20-;;/m.1../s1. The van der Waals surface area contributed by atoms with Crippen molar-refractivity contribution in [3.8, 4) is 34.2 Å². The molecule has 0 radical (unpaired) electrons. The normalized spacial score (nSPS) is 22.4. The van der Waals surface area contributed by atoms with Gasteiger partial charge in [-0.1, -0.05) is 98.5 Å². The zero-order chi connectivity index (χ0) is 73.3. The molecule has 112 heavy (non-hydrogen) atoms. The van der Waals surface area contributed by atoms with Gasteiger partial charge in [-0.3, -0.25) is 14.7 Å². The molecule has 24 rings (SSSR count). The molecule has 3 aromatic carbocycles. The molecule has 9 aromatic heterocycles. The Balaban J connectivity index is 0.000000106. The fourth-order valence-corrected chi connectivity index (χ4v) is 19.3. The molecule has 24 heteroatoms. The number of pyridine rings is 3. The molecule has 9 aliphatic heterocycles. The minimum atomic E-state index is 0. The van der Waals surface area contributed by atoms with Crippen LogP contribution in [0.25, 0.3) is 119 Å². The molecule has 24 nitrogen and oxygen atoms in total. The lowest BCUT2D eigenvalue weighted by Crippen LogP contribution is -2.70. The van der Waals surface area contributed by atoms with Crippen molar-refractivity contribution in [2.75, 3.05) is 160 Å². The smallest absolute Gasteiger partial charge is 0.229 e. The second-order valence-corrected chi connectivity index (χ2v) is 32.4. The Morgan fingerprint density at radius 1 is 0.464 bits per heavy atom. The Morgan fingerprint density at radius 3 is 1.30 bits per heavy atom. The predicted octanol–water partition coefficient (Wildman–Crippen LogP) is 12.6. The van der Waals surface area contributed by atoms with Crippen molar-refractivity contribution in [3.63, 3.8) is 0 Å². The number of morpholine rings is 4. The molecular formula is C88H92N16O8. The number of hydrogen-bond donors (Lipinski definition) is 0. The maximum atomic E-state index is 6.38. The van der Waals surface area contributed by atoms with Crippen LogP contribution in [0, 0.1) is 5.41 Å². The van der Waals surface area contributed by atoms with Crippen LogP contribution in [0.4, 0.5) is 17.5 Å². The van der Waals surface area contributed by atoms with Crippen LogP contribution in [-0.2, 0) is 62.6 Å². The van der Waals surface area contributed by atoms with Crippen molar-refractivity contribution in [2.24, 2.45) is 5.41 Å². The van der Waals surface area contributed by atoms with Crippen molar-refractivity contribution in [2.45, 2.75) is 89.7 Å². The van der Waals surface area contributed by atoms with Gasteiger partial charge in [0.05, 0.1) is 87.3 Å². The Bertz CT molecular complexity index is 5560. The first-order chi connectivity index (χ1) is 54.7. The van der Waals surface area contributed by atoms with Gasteiger partial charge in [0.1, 0.15) is 16.6 Å². The van der Waals surface area contributed by atoms with Crippen molar-refractivity contribution in [1.29, 1.82) is 0 Å². The van der Waals surface area contributed by atoms with Gasteiger partial charge in [0, 0.05) is 126 Å². The molecule has 12 aromatic rings. The van der Waals surface area contributed by atoms with E-state index in [1.165, 1.54) is 89.0 Å². The van der Waals surface area contributed by atoms with E-state index in [-0.39, 0.29) is 13.0 Å². The van der Waals surface area contributed by atoms with Gasteiger partial charge in [-0.05, 0) is 139 Å². The number of likely N-dealkylation sites (tertiary alicyclic amines) is 4. The summed E-state index contributed by atoms with van der Waals surface area (Å²) in [4.78, 5) is 61.7. The first-order valence-electron chi connectivity index (χ1n) is 39.9. The van der Waals surface area contributed by atoms with E-state index in [0.717, 1.165) is 214 Å². The monoisotopic (exact) mass is 1500 g/mol. The molecule has 2 bridgehead atoms. The summed E-state index contributed by atoms with van der Waals surface area (Å²) in [6.45, 7) is 20.7. The second-order valence-electron chi connectivity index (χ2n) is 32.4. The Morgan fingerprint density at radius 2 is 0.911 bits per heavy atom. The number of ether oxygens (including phenoxy) is 5. The maximum absolute atomic E-state index is 6.38. The van der Waals surface area contributed by atoms with Gasteiger partial charge in [0.25, 0.3) is 0 Å². The number of rotatable bonds is 12. The Labute approximate surface area is 649 Å². The van der Waals surface area contributed by atoms with Gasteiger partial charge in [0.2, 0.25) is 17.1 Å². The predicted molar refractivity (Wildman–Crippen MR) is 433 cm³/mol. The van der Waals surface area contributed by atoms with E-state index < -0.39 is 0 Å². The number of hydrogen-bond acceptors (Lipinski definition) is 24. The molecule has 3 aliphatic carbocycles. The summed E-state index contributed by atoms with van der Waals surface area (Å²) in [6.07, 6.45) is 27.2. The Hall–Kier alpha value is -9.99. The van der Waals surface area contributed by atoms with E-state index in [2.05, 4.69) is 151 Å². The minimum absolute atomic E-state index is 0. The summed E-state index contributed by atoms with van der Waals surface area (Å²) in [6, 6.07) is 26.4. The lowest BCUT2D eigenvalue weighted by molar-refractivity contribution is -0.195. The summed E-state index contributed by atoms with van der Waals surface area (Å²) < 4.78 is 47.2. The van der Waals surface area contributed by atoms with E-state index in [9.17, 15) is 0 Å². The van der Waals surface area contributed by atoms with E-state index in [1.54, 1.807) is 0 Å². The van der Waals surface area contributed by atoms with Crippen molar-refractivity contribution >= 4 is 102 Å². The maximum Gasteiger partial charge on any atom is 0.229 e. The number of anilines is 3. The van der Waals surface area contributed by atoms with Gasteiger partial charge in [0.15, 0.2) is 51.7 Å². The molecule has 3 atom stereocenters. The summed E-state index contributed by atoms with van der Waals surface area (Å²) in [5, 5.41) is 2.87. The third-order valence-electron chi connectivity index (χ3n) is 25.3. The van der Waals surface area contributed by atoms with Crippen LogP contribution in [-0.4, -0.2) is 227 Å². The van der Waals surface area contributed by atoms with Crippen LogP contribution in [0.15, 0.2) is 123 Å². The second kappa shape index (κ2) is 28.6. The van der Waals surface area contributed by atoms with E-state index >= 15 is 0 Å². The summed E-state index contributed by atoms with van der Waals surface area (Å²) >= 11 is 0. The van der Waals surface area contributed by atoms with Crippen LogP contribution in [0.2, 0.25) is 0 Å². The highest BCUT2D eigenvalue weighted by atomic mass is 16.5. The number of allylic oxidation sites excluding steroid dienone is 3. The largest absolute Gasteiger partial charge is 0.432 e. The molecule has 12 aliphatic rings. The molecule has 0 amide bonds. The molecule has 2 spiro atoms. The highest BCUT2D eigenvalue weighted by Gasteiger charge is 2.51. The molecule has 1 unspecified atom stereocenters. The third-order valence-corrected chi connectivity index (χ3v) is 25.3. The van der Waals surface area contributed by atoms with Crippen LogP contribution < -0.4 is 14.7 Å². The van der Waals surface area contributed by atoms with Crippen molar-refractivity contribution in [1.82, 2.24) is 64.5 Å².